The second kappa shape index (κ2) is 9.91. The number of halogens is 1. The number of furan rings is 1. The number of rotatable bonds is 8. The van der Waals surface area contributed by atoms with E-state index in [1.165, 1.54) is 17.2 Å². The highest BCUT2D eigenvalue weighted by molar-refractivity contribution is 6.04. The minimum atomic E-state index is -0.925. The van der Waals surface area contributed by atoms with Gasteiger partial charge in [0.1, 0.15) is 18.1 Å². The molecule has 32 heavy (non-hydrogen) atoms. The molecular weight excluding hydrogens is 413 g/mol. The molecule has 1 aromatic heterocycles. The molecule has 2 aromatic carbocycles. The lowest BCUT2D eigenvalue weighted by Crippen LogP contribution is -2.44. The van der Waals surface area contributed by atoms with E-state index in [4.69, 9.17) is 9.25 Å². The lowest BCUT2D eigenvalue weighted by atomic mass is 10.0. The van der Waals surface area contributed by atoms with E-state index < -0.39 is 17.8 Å². The van der Waals surface area contributed by atoms with Crippen LogP contribution < -0.4 is 5.32 Å². The van der Waals surface area contributed by atoms with Crippen LogP contribution in [0.5, 0.6) is 0 Å². The van der Waals surface area contributed by atoms with Gasteiger partial charge in [-0.1, -0.05) is 53.7 Å². The standard InChI is InChI=1S/C24H22FN3O4/c25-20-11-5-4-10-19(20)21-13-22(32-27-21)24(30)28(15-17-7-2-1-3-8-17)16-23(29)26-14-18-9-6-12-31-18/h1-12,22H,13-16H2,(H,26,29). The lowest BCUT2D eigenvalue weighted by Gasteiger charge is -2.24. The van der Waals surface area contributed by atoms with Crippen LogP contribution in [0.2, 0.25) is 0 Å². The Morgan fingerprint density at radius 1 is 1.06 bits per heavy atom. The average Bonchev–Trinajstić information content (AvgIpc) is 3.50. The van der Waals surface area contributed by atoms with Gasteiger partial charge in [0.2, 0.25) is 12.0 Å². The molecule has 8 heteroatoms. The molecular formula is C24H22FN3O4. The van der Waals surface area contributed by atoms with Crippen LogP contribution in [0.1, 0.15) is 23.3 Å². The first kappa shape index (κ1) is 21.3. The number of oxime groups is 1. The molecule has 0 fully saturated rings. The van der Waals surface area contributed by atoms with Crippen molar-refractivity contribution in [3.8, 4) is 0 Å². The number of nitrogens with zero attached hydrogens (tertiary/aromatic N) is 2. The van der Waals surface area contributed by atoms with Crippen molar-refractivity contribution in [2.45, 2.75) is 25.6 Å². The SMILES string of the molecule is O=C(CN(Cc1ccccc1)C(=O)C1CC(c2ccccc2F)=NO1)NCc1ccco1. The number of amides is 2. The largest absolute Gasteiger partial charge is 0.467 e. The second-order valence-corrected chi connectivity index (χ2v) is 7.35. The van der Waals surface area contributed by atoms with Gasteiger partial charge in [-0.3, -0.25) is 9.59 Å². The summed E-state index contributed by atoms with van der Waals surface area (Å²) in [5.74, 6) is -0.543. The minimum Gasteiger partial charge on any atom is -0.467 e. The highest BCUT2D eigenvalue weighted by Crippen LogP contribution is 2.21. The molecule has 1 aliphatic heterocycles. The van der Waals surface area contributed by atoms with Crippen molar-refractivity contribution < 1.29 is 23.2 Å². The summed E-state index contributed by atoms with van der Waals surface area (Å²) in [5.41, 5.74) is 1.53. The van der Waals surface area contributed by atoms with E-state index in [1.807, 2.05) is 30.3 Å². The molecule has 0 saturated heterocycles. The van der Waals surface area contributed by atoms with Gasteiger partial charge in [-0.15, -0.1) is 0 Å². The van der Waals surface area contributed by atoms with Crippen LogP contribution in [0.25, 0.3) is 0 Å². The second-order valence-electron chi connectivity index (χ2n) is 7.35. The topological polar surface area (TPSA) is 84.1 Å². The third-order valence-electron chi connectivity index (χ3n) is 5.03. The Balaban J connectivity index is 1.43. The van der Waals surface area contributed by atoms with Gasteiger partial charge in [0, 0.05) is 18.5 Å². The van der Waals surface area contributed by atoms with Gasteiger partial charge in [0.05, 0.1) is 18.5 Å². The van der Waals surface area contributed by atoms with Gasteiger partial charge in [0.25, 0.3) is 5.91 Å². The molecule has 4 rings (SSSR count). The molecule has 1 atom stereocenters. The number of carbonyl (C=O) groups excluding carboxylic acids is 2. The van der Waals surface area contributed by atoms with Crippen molar-refractivity contribution in [1.82, 2.24) is 10.2 Å². The van der Waals surface area contributed by atoms with Crippen molar-refractivity contribution in [1.29, 1.82) is 0 Å². The van der Waals surface area contributed by atoms with Gasteiger partial charge < -0.3 is 19.5 Å². The van der Waals surface area contributed by atoms with E-state index in [1.54, 1.807) is 30.3 Å². The van der Waals surface area contributed by atoms with Crippen LogP contribution >= 0.6 is 0 Å². The van der Waals surface area contributed by atoms with Crippen molar-refractivity contribution >= 4 is 17.5 Å². The summed E-state index contributed by atoms with van der Waals surface area (Å²) in [6.45, 7) is 0.283. The van der Waals surface area contributed by atoms with Crippen LogP contribution in [0.4, 0.5) is 4.39 Å². The maximum absolute atomic E-state index is 14.1. The van der Waals surface area contributed by atoms with Crippen molar-refractivity contribution in [2.24, 2.45) is 5.16 Å². The van der Waals surface area contributed by atoms with Crippen LogP contribution in [0, 0.1) is 5.82 Å². The van der Waals surface area contributed by atoms with Crippen LogP contribution in [-0.4, -0.2) is 35.1 Å². The maximum atomic E-state index is 14.1. The number of hydrogen-bond acceptors (Lipinski definition) is 5. The Kier molecular flexibility index (Phi) is 6.60. The summed E-state index contributed by atoms with van der Waals surface area (Å²) in [4.78, 5) is 32.5. The predicted octanol–water partition coefficient (Wildman–Crippen LogP) is 3.26. The third-order valence-corrected chi connectivity index (χ3v) is 5.03. The van der Waals surface area contributed by atoms with E-state index in [0.717, 1.165) is 5.56 Å². The van der Waals surface area contributed by atoms with Crippen molar-refractivity contribution in [3.05, 3.63) is 95.7 Å². The Hall–Kier alpha value is -3.94. The molecule has 2 amide bonds. The van der Waals surface area contributed by atoms with E-state index in [2.05, 4.69) is 10.5 Å². The summed E-state index contributed by atoms with van der Waals surface area (Å²) in [6.07, 6.45) is 0.724. The molecule has 0 spiro atoms. The summed E-state index contributed by atoms with van der Waals surface area (Å²) >= 11 is 0. The van der Waals surface area contributed by atoms with Gasteiger partial charge in [-0.05, 0) is 23.8 Å². The van der Waals surface area contributed by atoms with Gasteiger partial charge in [0.15, 0.2) is 0 Å². The van der Waals surface area contributed by atoms with Crippen LogP contribution in [0.3, 0.4) is 0 Å². The highest BCUT2D eigenvalue weighted by Gasteiger charge is 2.34. The Labute approximate surface area is 184 Å². The smallest absolute Gasteiger partial charge is 0.267 e. The molecule has 0 bridgehead atoms. The van der Waals surface area contributed by atoms with Gasteiger partial charge in [-0.2, -0.15) is 0 Å². The van der Waals surface area contributed by atoms with E-state index in [-0.39, 0.29) is 32.0 Å². The van der Waals surface area contributed by atoms with Crippen molar-refractivity contribution in [2.75, 3.05) is 6.54 Å². The molecule has 0 saturated carbocycles. The molecule has 1 aliphatic rings. The molecule has 1 N–H and O–H groups in total. The Morgan fingerprint density at radius 2 is 1.84 bits per heavy atom. The highest BCUT2D eigenvalue weighted by atomic mass is 19.1. The fourth-order valence-electron chi connectivity index (χ4n) is 3.41. The number of carbonyl (C=O) groups is 2. The quantitative estimate of drug-likeness (QED) is 0.589. The maximum Gasteiger partial charge on any atom is 0.267 e. The predicted molar refractivity (Wildman–Crippen MR) is 115 cm³/mol. The number of hydrogen-bond donors (Lipinski definition) is 1. The van der Waals surface area contributed by atoms with Crippen LogP contribution in [0.15, 0.2) is 82.6 Å². The zero-order valence-corrected chi connectivity index (χ0v) is 17.2. The van der Waals surface area contributed by atoms with E-state index >= 15 is 0 Å². The Morgan fingerprint density at radius 3 is 2.59 bits per heavy atom. The molecule has 0 radical (unpaired) electrons. The van der Waals surface area contributed by atoms with Gasteiger partial charge >= 0.3 is 0 Å². The zero-order valence-electron chi connectivity index (χ0n) is 17.2. The molecule has 0 aliphatic carbocycles. The Bertz CT molecular complexity index is 1100. The average molecular weight is 435 g/mol. The zero-order chi connectivity index (χ0) is 22.3. The van der Waals surface area contributed by atoms with Crippen molar-refractivity contribution in [3.63, 3.8) is 0 Å². The minimum absolute atomic E-state index is 0.124. The number of benzene rings is 2. The fourth-order valence-corrected chi connectivity index (χ4v) is 3.41. The first-order chi connectivity index (χ1) is 15.6. The van der Waals surface area contributed by atoms with Gasteiger partial charge in [-0.25, -0.2) is 4.39 Å². The molecule has 1 unspecified atom stereocenters. The molecule has 164 valence electrons. The summed E-state index contributed by atoms with van der Waals surface area (Å²) in [6, 6.07) is 19.0. The lowest BCUT2D eigenvalue weighted by molar-refractivity contribution is -0.145. The summed E-state index contributed by atoms with van der Waals surface area (Å²) < 4.78 is 19.3. The molecule has 3 aromatic rings. The molecule has 2 heterocycles. The first-order valence-corrected chi connectivity index (χ1v) is 10.2. The van der Waals surface area contributed by atoms with Crippen LogP contribution in [-0.2, 0) is 27.5 Å². The third kappa shape index (κ3) is 5.21. The fraction of sp³-hybridized carbons (Fsp3) is 0.208. The summed E-state index contributed by atoms with van der Waals surface area (Å²) in [7, 11) is 0. The molecule has 7 nitrogen and oxygen atoms in total. The summed E-state index contributed by atoms with van der Waals surface area (Å²) in [5, 5.41) is 6.67. The normalized spacial score (nSPS) is 15.0. The monoisotopic (exact) mass is 435 g/mol. The number of nitrogens with one attached hydrogen (secondary N) is 1. The first-order valence-electron chi connectivity index (χ1n) is 10.2. The van der Waals surface area contributed by atoms with E-state index in [9.17, 15) is 14.0 Å². The van der Waals surface area contributed by atoms with E-state index in [0.29, 0.717) is 17.0 Å².